The zero-order valence-corrected chi connectivity index (χ0v) is 14.7. The number of fused-ring (bicyclic) bond motifs is 1. The summed E-state index contributed by atoms with van der Waals surface area (Å²) in [7, 11) is 1.70. The van der Waals surface area contributed by atoms with E-state index in [4.69, 9.17) is 0 Å². The molecule has 1 aromatic heterocycles. The van der Waals surface area contributed by atoms with E-state index in [1.165, 1.54) is 0 Å². The second-order valence-corrected chi connectivity index (χ2v) is 6.45. The molecule has 0 saturated carbocycles. The molecule has 0 bridgehead atoms. The third-order valence-electron chi connectivity index (χ3n) is 4.33. The molecule has 26 heavy (non-hydrogen) atoms. The maximum Gasteiger partial charge on any atom is 0.253 e. The van der Waals surface area contributed by atoms with Gasteiger partial charge >= 0.3 is 0 Å². The van der Waals surface area contributed by atoms with Gasteiger partial charge in [0.2, 0.25) is 5.91 Å². The first-order chi connectivity index (χ1) is 12.6. The first kappa shape index (κ1) is 18.0. The molecule has 0 fully saturated rings. The Morgan fingerprint density at radius 3 is 3.04 bits per heavy atom. The van der Waals surface area contributed by atoms with E-state index >= 15 is 0 Å². The Balaban J connectivity index is 1.67. The minimum atomic E-state index is -0.396. The van der Waals surface area contributed by atoms with Crippen molar-refractivity contribution in [1.29, 1.82) is 0 Å². The number of carbonyl (C=O) groups excluding carboxylic acids is 2. The second-order valence-electron chi connectivity index (χ2n) is 6.45. The van der Waals surface area contributed by atoms with Crippen molar-refractivity contribution in [1.82, 2.24) is 19.9 Å². The van der Waals surface area contributed by atoms with Crippen molar-refractivity contribution in [3.8, 4) is 0 Å². The van der Waals surface area contributed by atoms with Crippen LogP contribution < -0.4 is 5.32 Å². The van der Waals surface area contributed by atoms with Gasteiger partial charge in [0.1, 0.15) is 5.69 Å². The average molecular weight is 359 g/mol. The summed E-state index contributed by atoms with van der Waals surface area (Å²) in [6, 6.07) is 5.35. The number of halogens is 1. The van der Waals surface area contributed by atoms with Crippen LogP contribution in [0.15, 0.2) is 24.4 Å². The molecule has 2 heterocycles. The van der Waals surface area contributed by atoms with Crippen LogP contribution >= 0.6 is 0 Å². The summed E-state index contributed by atoms with van der Waals surface area (Å²) in [6.07, 6.45) is 4.15. The van der Waals surface area contributed by atoms with Gasteiger partial charge in [-0.1, -0.05) is 5.21 Å². The van der Waals surface area contributed by atoms with Crippen LogP contribution in [0.25, 0.3) is 0 Å². The molecule has 0 aliphatic carbocycles. The minimum absolute atomic E-state index is 0.00999. The van der Waals surface area contributed by atoms with Crippen LogP contribution in [0.2, 0.25) is 0 Å². The predicted molar refractivity (Wildman–Crippen MR) is 94.4 cm³/mol. The van der Waals surface area contributed by atoms with Crippen molar-refractivity contribution in [3.05, 3.63) is 41.2 Å². The highest BCUT2D eigenvalue weighted by Crippen LogP contribution is 2.24. The lowest BCUT2D eigenvalue weighted by molar-refractivity contribution is -0.116. The van der Waals surface area contributed by atoms with E-state index in [9.17, 15) is 14.0 Å². The molecule has 0 radical (unpaired) electrons. The standard InChI is InChI=1S/C18H22FN5O2/c1-23(11-15-12-24(22-21-15)9-3-8-19)18(26)14-6-7-16-13(10-14)4-2-5-17(25)20-16/h6-7,10,12H,2-5,8-9,11H2,1H3,(H,20,25). The third kappa shape index (κ3) is 4.25. The number of amides is 2. The lowest BCUT2D eigenvalue weighted by atomic mass is 10.0. The molecule has 2 aromatic rings. The number of carbonyl (C=O) groups is 2. The Morgan fingerprint density at radius 1 is 1.38 bits per heavy atom. The molecule has 1 aromatic carbocycles. The molecule has 0 atom stereocenters. The van der Waals surface area contributed by atoms with Crippen LogP contribution in [0.4, 0.5) is 10.1 Å². The number of hydrogen-bond donors (Lipinski definition) is 1. The van der Waals surface area contributed by atoms with Gasteiger partial charge in [-0.3, -0.25) is 18.7 Å². The van der Waals surface area contributed by atoms with Crippen molar-refractivity contribution in [2.45, 2.75) is 38.8 Å². The van der Waals surface area contributed by atoms with Crippen molar-refractivity contribution >= 4 is 17.5 Å². The molecule has 2 amide bonds. The van der Waals surface area contributed by atoms with Crippen LogP contribution in [-0.4, -0.2) is 45.4 Å². The number of benzene rings is 1. The number of anilines is 1. The number of nitrogens with one attached hydrogen (secondary N) is 1. The monoisotopic (exact) mass is 359 g/mol. The van der Waals surface area contributed by atoms with Gasteiger partial charge in [-0.05, 0) is 43.0 Å². The van der Waals surface area contributed by atoms with Crippen molar-refractivity contribution in [3.63, 3.8) is 0 Å². The summed E-state index contributed by atoms with van der Waals surface area (Å²) >= 11 is 0. The first-order valence-corrected chi connectivity index (χ1v) is 8.70. The van der Waals surface area contributed by atoms with E-state index in [1.54, 1.807) is 35.0 Å². The highest BCUT2D eigenvalue weighted by Gasteiger charge is 2.18. The maximum absolute atomic E-state index is 12.7. The van der Waals surface area contributed by atoms with Crippen molar-refractivity contribution in [2.75, 3.05) is 19.0 Å². The number of nitrogens with zero attached hydrogens (tertiary/aromatic N) is 4. The van der Waals surface area contributed by atoms with E-state index in [1.807, 2.05) is 6.07 Å². The number of alkyl halides is 1. The van der Waals surface area contributed by atoms with E-state index in [0.29, 0.717) is 37.2 Å². The van der Waals surface area contributed by atoms with Gasteiger partial charge in [-0.15, -0.1) is 5.10 Å². The van der Waals surface area contributed by atoms with E-state index in [-0.39, 0.29) is 11.8 Å². The molecule has 1 N–H and O–H groups in total. The fourth-order valence-corrected chi connectivity index (χ4v) is 2.98. The molecule has 8 heteroatoms. The largest absolute Gasteiger partial charge is 0.336 e. The zero-order chi connectivity index (χ0) is 18.5. The topological polar surface area (TPSA) is 80.1 Å². The molecule has 0 unspecified atom stereocenters. The summed E-state index contributed by atoms with van der Waals surface area (Å²) in [5.74, 6) is -0.113. The van der Waals surface area contributed by atoms with E-state index in [2.05, 4.69) is 15.6 Å². The molecular formula is C18H22FN5O2. The number of aromatic nitrogens is 3. The molecule has 1 aliphatic heterocycles. The lowest BCUT2D eigenvalue weighted by Crippen LogP contribution is -2.26. The summed E-state index contributed by atoms with van der Waals surface area (Å²) in [5, 5.41) is 10.8. The maximum atomic E-state index is 12.7. The fourth-order valence-electron chi connectivity index (χ4n) is 2.98. The SMILES string of the molecule is CN(Cc1cn(CCCF)nn1)C(=O)c1ccc2c(c1)CCCC(=O)N2. The van der Waals surface area contributed by atoms with Gasteiger partial charge in [-0.25, -0.2) is 0 Å². The van der Waals surface area contributed by atoms with Gasteiger partial charge in [0.15, 0.2) is 0 Å². The molecule has 3 rings (SSSR count). The molecule has 1 aliphatic rings. The highest BCUT2D eigenvalue weighted by molar-refractivity contribution is 5.96. The Kier molecular flexibility index (Phi) is 5.60. The Morgan fingerprint density at radius 2 is 2.23 bits per heavy atom. The minimum Gasteiger partial charge on any atom is -0.336 e. The summed E-state index contributed by atoms with van der Waals surface area (Å²) in [6.45, 7) is 0.395. The second kappa shape index (κ2) is 8.07. The number of aryl methyl sites for hydroxylation is 2. The Labute approximate surface area is 151 Å². The van der Waals surface area contributed by atoms with E-state index < -0.39 is 6.67 Å². The molecule has 138 valence electrons. The molecule has 0 spiro atoms. The van der Waals surface area contributed by atoms with Gasteiger partial charge in [-0.2, -0.15) is 0 Å². The smallest absolute Gasteiger partial charge is 0.253 e. The fraction of sp³-hybridized carbons (Fsp3) is 0.444. The number of rotatable bonds is 6. The number of hydrogen-bond acceptors (Lipinski definition) is 4. The summed E-state index contributed by atoms with van der Waals surface area (Å²) in [5.41, 5.74) is 2.99. The van der Waals surface area contributed by atoms with Gasteiger partial charge in [0.25, 0.3) is 5.91 Å². The molecule has 0 saturated heterocycles. The predicted octanol–water partition coefficient (Wildman–Crippen LogP) is 2.18. The van der Waals surface area contributed by atoms with Crippen LogP contribution in [0.3, 0.4) is 0 Å². The molecule has 7 nitrogen and oxygen atoms in total. The Hall–Kier alpha value is -2.77. The normalized spacial score (nSPS) is 13.7. The third-order valence-corrected chi connectivity index (χ3v) is 4.33. The van der Waals surface area contributed by atoms with Crippen LogP contribution in [0.1, 0.15) is 40.9 Å². The zero-order valence-electron chi connectivity index (χ0n) is 14.7. The summed E-state index contributed by atoms with van der Waals surface area (Å²) in [4.78, 5) is 25.9. The lowest BCUT2D eigenvalue weighted by Gasteiger charge is -2.17. The average Bonchev–Trinajstić information content (AvgIpc) is 2.98. The van der Waals surface area contributed by atoms with Crippen LogP contribution in [0.5, 0.6) is 0 Å². The highest BCUT2D eigenvalue weighted by atomic mass is 19.1. The van der Waals surface area contributed by atoms with Crippen LogP contribution in [0, 0.1) is 0 Å². The molecular weight excluding hydrogens is 337 g/mol. The quantitative estimate of drug-likeness (QED) is 0.857. The van der Waals surface area contributed by atoms with Gasteiger partial charge in [0.05, 0.1) is 19.4 Å². The van der Waals surface area contributed by atoms with Gasteiger partial charge in [0, 0.05) is 31.3 Å². The first-order valence-electron chi connectivity index (χ1n) is 8.70. The van der Waals surface area contributed by atoms with E-state index in [0.717, 1.165) is 24.1 Å². The van der Waals surface area contributed by atoms with Gasteiger partial charge < -0.3 is 10.2 Å². The van der Waals surface area contributed by atoms with Crippen molar-refractivity contribution in [2.24, 2.45) is 0 Å². The summed E-state index contributed by atoms with van der Waals surface area (Å²) < 4.78 is 13.8. The van der Waals surface area contributed by atoms with Crippen molar-refractivity contribution < 1.29 is 14.0 Å². The van der Waals surface area contributed by atoms with Crippen LogP contribution in [-0.2, 0) is 24.3 Å². The Bertz CT molecular complexity index is 805.